The van der Waals surface area contributed by atoms with Gasteiger partial charge in [-0.3, -0.25) is 19.5 Å². The van der Waals surface area contributed by atoms with Crippen LogP contribution in [-0.2, 0) is 6.54 Å². The molecule has 14 heteroatoms. The van der Waals surface area contributed by atoms with Crippen LogP contribution in [0.3, 0.4) is 0 Å². The van der Waals surface area contributed by atoms with Crippen LogP contribution in [0.15, 0.2) is 60.8 Å². The molecule has 2 aromatic carbocycles. The molecule has 9 nitrogen and oxygen atoms in total. The summed E-state index contributed by atoms with van der Waals surface area (Å²) in [6.45, 7) is 3.89. The van der Waals surface area contributed by atoms with Gasteiger partial charge in [0.25, 0.3) is 11.8 Å². The Hall–Kier alpha value is -4.30. The predicted molar refractivity (Wildman–Crippen MR) is 167 cm³/mol. The zero-order valence-corrected chi connectivity index (χ0v) is 26.3. The highest BCUT2D eigenvalue weighted by atomic mass is 32.1. The molecule has 4 aromatic rings. The van der Waals surface area contributed by atoms with Crippen molar-refractivity contribution in [3.63, 3.8) is 0 Å². The lowest BCUT2D eigenvalue weighted by Crippen LogP contribution is -2.52. The molecule has 47 heavy (non-hydrogen) atoms. The Labute approximate surface area is 272 Å². The fourth-order valence-corrected chi connectivity index (χ4v) is 6.67. The number of amides is 2. The van der Waals surface area contributed by atoms with Gasteiger partial charge in [-0.2, -0.15) is 0 Å². The third-order valence-electron chi connectivity index (χ3n) is 8.25. The summed E-state index contributed by atoms with van der Waals surface area (Å²) < 4.78 is 63.4. The van der Waals surface area contributed by atoms with Gasteiger partial charge in [-0.1, -0.05) is 12.1 Å². The van der Waals surface area contributed by atoms with E-state index in [-0.39, 0.29) is 35.6 Å². The van der Waals surface area contributed by atoms with E-state index in [2.05, 4.69) is 20.0 Å². The van der Waals surface area contributed by atoms with Crippen molar-refractivity contribution in [2.24, 2.45) is 0 Å². The zero-order valence-electron chi connectivity index (χ0n) is 25.5. The van der Waals surface area contributed by atoms with Gasteiger partial charge in [0.2, 0.25) is 0 Å². The van der Waals surface area contributed by atoms with Gasteiger partial charge in [-0.05, 0) is 55.3 Å². The summed E-state index contributed by atoms with van der Waals surface area (Å²) in [6.07, 6.45) is -3.11. The molecule has 1 N–H and O–H groups in total. The number of benzene rings is 2. The van der Waals surface area contributed by atoms with Crippen LogP contribution in [0, 0.1) is 6.92 Å². The maximum Gasteiger partial charge on any atom is 0.573 e. The minimum absolute atomic E-state index is 0.0188. The van der Waals surface area contributed by atoms with Crippen molar-refractivity contribution in [3.05, 3.63) is 82.6 Å². The number of ether oxygens (including phenoxy) is 2. The number of likely N-dealkylation sites (tertiary alicyclic amines) is 2. The van der Waals surface area contributed by atoms with E-state index in [1.54, 1.807) is 16.2 Å². The molecule has 2 unspecified atom stereocenters. The number of rotatable bonds is 8. The Bertz CT molecular complexity index is 1710. The molecular formula is C33H33F4N5O4S. The Morgan fingerprint density at radius 2 is 1.74 bits per heavy atom. The summed E-state index contributed by atoms with van der Waals surface area (Å²) in [7, 11) is 0. The molecule has 2 amide bonds. The van der Waals surface area contributed by atoms with Crippen LogP contribution in [0.5, 0.6) is 11.5 Å². The Kier molecular flexibility index (Phi) is 9.60. The summed E-state index contributed by atoms with van der Waals surface area (Å²) in [5.41, 5.74) is 2.07. The van der Waals surface area contributed by atoms with E-state index in [4.69, 9.17) is 4.74 Å². The standard InChI is InChI=1S/C33H33F4N5O4S/c1-20-39-29-16-25(7-9-30(29)47-20)45-23-10-14-42(15-11-23)32(44)28-8-4-22(17-38-28)31(43)40-27-12-13-41(19-26(27)34)18-21-2-5-24(6-3-21)46-33(35,36)37/h2-9,16-17,23,26-27H,10-15,18-19H2,1H3,(H,40,43). The van der Waals surface area contributed by atoms with Crippen molar-refractivity contribution >= 4 is 33.4 Å². The lowest BCUT2D eigenvalue weighted by Gasteiger charge is -2.35. The molecule has 0 aliphatic carbocycles. The van der Waals surface area contributed by atoms with Crippen molar-refractivity contribution in [2.45, 2.75) is 57.4 Å². The largest absolute Gasteiger partial charge is 0.573 e. The topological polar surface area (TPSA) is 96.9 Å². The van der Waals surface area contributed by atoms with Crippen LogP contribution in [0.2, 0.25) is 0 Å². The van der Waals surface area contributed by atoms with E-state index in [1.807, 2.05) is 30.0 Å². The van der Waals surface area contributed by atoms with Crippen molar-refractivity contribution in [1.82, 2.24) is 25.1 Å². The molecule has 2 atom stereocenters. The van der Waals surface area contributed by atoms with Crippen molar-refractivity contribution in [1.29, 1.82) is 0 Å². The van der Waals surface area contributed by atoms with E-state index in [9.17, 15) is 22.8 Å². The van der Waals surface area contributed by atoms with E-state index in [0.717, 1.165) is 21.0 Å². The number of thiazole rings is 1. The third-order valence-corrected chi connectivity index (χ3v) is 9.20. The SMILES string of the molecule is Cc1nc2cc(OC3CCN(C(=O)c4ccc(C(=O)NC5CCN(Cc6ccc(OC(F)(F)F)cc6)CC5F)cn4)CC3)ccc2s1. The number of aromatic nitrogens is 2. The fraction of sp³-hybridized carbons (Fsp3) is 0.394. The number of fused-ring (bicyclic) bond motifs is 1. The fourth-order valence-electron chi connectivity index (χ4n) is 5.86. The van der Waals surface area contributed by atoms with Crippen LogP contribution >= 0.6 is 11.3 Å². The van der Waals surface area contributed by atoms with E-state index in [1.165, 1.54) is 42.6 Å². The first-order valence-corrected chi connectivity index (χ1v) is 16.1. The Morgan fingerprint density at radius 1 is 1.00 bits per heavy atom. The smallest absolute Gasteiger partial charge is 0.490 e. The molecule has 2 aromatic heterocycles. The summed E-state index contributed by atoms with van der Waals surface area (Å²) in [5, 5.41) is 3.73. The number of carbonyl (C=O) groups excluding carboxylic acids is 2. The minimum atomic E-state index is -4.77. The van der Waals surface area contributed by atoms with Crippen molar-refractivity contribution in [3.8, 4) is 11.5 Å². The molecular weight excluding hydrogens is 638 g/mol. The van der Waals surface area contributed by atoms with Crippen LogP contribution in [0.1, 0.15) is 50.7 Å². The first kappa shape index (κ1) is 32.6. The summed E-state index contributed by atoms with van der Waals surface area (Å²) in [5.74, 6) is -0.268. The minimum Gasteiger partial charge on any atom is -0.490 e. The number of piperidine rings is 2. The molecule has 0 radical (unpaired) electrons. The van der Waals surface area contributed by atoms with E-state index < -0.39 is 24.5 Å². The average molecular weight is 672 g/mol. The van der Waals surface area contributed by atoms with Gasteiger partial charge in [0.1, 0.15) is 29.5 Å². The Balaban J connectivity index is 0.946. The number of alkyl halides is 4. The molecule has 2 aliphatic rings. The highest BCUT2D eigenvalue weighted by Gasteiger charge is 2.32. The van der Waals surface area contributed by atoms with Gasteiger partial charge in [0, 0.05) is 57.8 Å². The van der Waals surface area contributed by atoms with Gasteiger partial charge in [-0.25, -0.2) is 9.37 Å². The summed E-state index contributed by atoms with van der Waals surface area (Å²) in [4.78, 5) is 38.3. The van der Waals surface area contributed by atoms with E-state index >= 15 is 4.39 Å². The normalized spacial score (nSPS) is 19.5. The number of hydrogen-bond donors (Lipinski definition) is 1. The molecule has 4 heterocycles. The highest BCUT2D eigenvalue weighted by molar-refractivity contribution is 7.18. The molecule has 2 fully saturated rings. The van der Waals surface area contributed by atoms with Crippen LogP contribution in [0.4, 0.5) is 17.6 Å². The van der Waals surface area contributed by atoms with Crippen molar-refractivity contribution < 1.29 is 36.6 Å². The molecule has 2 saturated heterocycles. The first-order valence-electron chi connectivity index (χ1n) is 15.3. The number of nitrogens with one attached hydrogen (secondary N) is 1. The lowest BCUT2D eigenvalue weighted by molar-refractivity contribution is -0.274. The highest BCUT2D eigenvalue weighted by Crippen LogP contribution is 2.28. The van der Waals surface area contributed by atoms with Gasteiger partial charge in [0.05, 0.1) is 26.8 Å². The summed E-state index contributed by atoms with van der Waals surface area (Å²) in [6, 6.07) is 13.7. The van der Waals surface area contributed by atoms with Crippen molar-refractivity contribution in [2.75, 3.05) is 26.2 Å². The molecule has 0 spiro atoms. The first-order chi connectivity index (χ1) is 22.5. The number of nitrogens with zero attached hydrogens (tertiary/aromatic N) is 4. The second kappa shape index (κ2) is 13.8. The number of hydrogen-bond acceptors (Lipinski definition) is 8. The second-order valence-electron chi connectivity index (χ2n) is 11.7. The van der Waals surface area contributed by atoms with Crippen LogP contribution < -0.4 is 14.8 Å². The maximum absolute atomic E-state index is 15.0. The van der Waals surface area contributed by atoms with Gasteiger partial charge >= 0.3 is 6.36 Å². The molecule has 6 rings (SSSR count). The number of carbonyl (C=O) groups is 2. The second-order valence-corrected chi connectivity index (χ2v) is 13.0. The molecule has 2 aliphatic heterocycles. The average Bonchev–Trinajstić information content (AvgIpc) is 3.42. The zero-order chi connectivity index (χ0) is 33.1. The predicted octanol–water partition coefficient (Wildman–Crippen LogP) is 5.92. The van der Waals surface area contributed by atoms with Crippen LogP contribution in [0.25, 0.3) is 10.2 Å². The summed E-state index contributed by atoms with van der Waals surface area (Å²) >= 11 is 1.64. The van der Waals surface area contributed by atoms with Crippen LogP contribution in [-0.4, -0.2) is 82.4 Å². The monoisotopic (exact) mass is 671 g/mol. The van der Waals surface area contributed by atoms with E-state index in [0.29, 0.717) is 51.0 Å². The maximum atomic E-state index is 15.0. The third kappa shape index (κ3) is 8.35. The quantitative estimate of drug-likeness (QED) is 0.232. The number of pyridine rings is 1. The molecule has 0 bridgehead atoms. The molecule has 248 valence electrons. The number of halogens is 4. The molecule has 0 saturated carbocycles. The van der Waals surface area contributed by atoms with Gasteiger partial charge < -0.3 is 19.7 Å². The number of aryl methyl sites for hydroxylation is 1. The van der Waals surface area contributed by atoms with Gasteiger partial charge in [0.15, 0.2) is 0 Å². The van der Waals surface area contributed by atoms with Gasteiger partial charge in [-0.15, -0.1) is 24.5 Å². The lowest BCUT2D eigenvalue weighted by atomic mass is 10.0. The Morgan fingerprint density at radius 3 is 2.43 bits per heavy atom.